The molecule has 2 nitrogen and oxygen atoms in total. The monoisotopic (exact) mass is 270 g/mol. The van der Waals surface area contributed by atoms with Crippen molar-refractivity contribution in [1.29, 1.82) is 0 Å². The van der Waals surface area contributed by atoms with E-state index in [-0.39, 0.29) is 5.41 Å². The van der Waals surface area contributed by atoms with Gasteiger partial charge in [0.25, 0.3) is 5.79 Å². The Balaban J connectivity index is 2.38. The first-order valence-electron chi connectivity index (χ1n) is 5.01. The Labute approximate surface area is 98.7 Å². The van der Waals surface area contributed by atoms with E-state index in [9.17, 15) is 0 Å². The highest BCUT2D eigenvalue weighted by molar-refractivity contribution is 9.09. The number of fused-ring (bicyclic) bond motifs is 1. The molecule has 0 atom stereocenters. The largest absolute Gasteiger partial charge is 0.447 e. The maximum Gasteiger partial charge on any atom is 0.265 e. The van der Waals surface area contributed by atoms with Crippen LogP contribution in [-0.4, -0.2) is 11.1 Å². The second-order valence-corrected chi connectivity index (χ2v) is 5.35. The third kappa shape index (κ3) is 1.63. The maximum atomic E-state index is 5.94. The summed E-state index contributed by atoms with van der Waals surface area (Å²) in [6.45, 7) is 6.33. The fourth-order valence-corrected chi connectivity index (χ4v) is 2.63. The van der Waals surface area contributed by atoms with Gasteiger partial charge in [-0.25, -0.2) is 0 Å². The summed E-state index contributed by atoms with van der Waals surface area (Å²) >= 11 is 3.48. The molecule has 1 heterocycles. The molecule has 0 radical (unpaired) electrons. The molecule has 3 heteroatoms. The lowest BCUT2D eigenvalue weighted by atomic mass is 9.86. The summed E-state index contributed by atoms with van der Waals surface area (Å²) in [4.78, 5) is 0. The number of halogens is 1. The van der Waals surface area contributed by atoms with E-state index in [1.54, 1.807) is 0 Å². The van der Waals surface area contributed by atoms with E-state index in [0.717, 1.165) is 11.5 Å². The molecule has 1 aromatic rings. The Morgan fingerprint density at radius 3 is 1.93 bits per heavy atom. The van der Waals surface area contributed by atoms with Crippen LogP contribution in [0.25, 0.3) is 0 Å². The minimum absolute atomic E-state index is 0.0878. The zero-order valence-corrected chi connectivity index (χ0v) is 10.8. The number of para-hydroxylation sites is 2. The quantitative estimate of drug-likeness (QED) is 0.727. The van der Waals surface area contributed by atoms with E-state index in [2.05, 4.69) is 36.7 Å². The van der Waals surface area contributed by atoms with Crippen LogP contribution in [0.5, 0.6) is 11.5 Å². The number of rotatable bonds is 1. The number of ether oxygens (including phenoxy) is 2. The van der Waals surface area contributed by atoms with Gasteiger partial charge in [-0.3, -0.25) is 0 Å². The molecule has 1 aliphatic heterocycles. The fraction of sp³-hybridized carbons (Fsp3) is 0.500. The third-order valence-corrected chi connectivity index (χ3v) is 3.46. The molecule has 0 unspecified atom stereocenters. The molecule has 1 aromatic carbocycles. The van der Waals surface area contributed by atoms with Gasteiger partial charge in [-0.1, -0.05) is 48.8 Å². The zero-order chi connectivity index (χ0) is 11.1. The summed E-state index contributed by atoms with van der Waals surface area (Å²) in [5.41, 5.74) is -0.0878. The fourth-order valence-electron chi connectivity index (χ4n) is 1.56. The van der Waals surface area contributed by atoms with Crippen molar-refractivity contribution >= 4 is 15.9 Å². The number of alkyl halides is 1. The lowest BCUT2D eigenvalue weighted by Crippen LogP contribution is -2.52. The second kappa shape index (κ2) is 3.41. The van der Waals surface area contributed by atoms with Crippen LogP contribution in [0.15, 0.2) is 24.3 Å². The molecule has 0 N–H and O–H groups in total. The van der Waals surface area contributed by atoms with Crippen molar-refractivity contribution in [3.63, 3.8) is 0 Å². The van der Waals surface area contributed by atoms with Crippen molar-refractivity contribution in [1.82, 2.24) is 0 Å². The first-order chi connectivity index (χ1) is 6.98. The van der Waals surface area contributed by atoms with Gasteiger partial charge in [-0.2, -0.15) is 0 Å². The van der Waals surface area contributed by atoms with E-state index < -0.39 is 5.79 Å². The summed E-state index contributed by atoms with van der Waals surface area (Å²) in [7, 11) is 0. The number of hydrogen-bond acceptors (Lipinski definition) is 2. The van der Waals surface area contributed by atoms with Gasteiger partial charge in [-0.05, 0) is 12.1 Å². The van der Waals surface area contributed by atoms with E-state index >= 15 is 0 Å². The van der Waals surface area contributed by atoms with Crippen LogP contribution in [0.1, 0.15) is 20.8 Å². The Hall–Kier alpha value is -0.700. The predicted molar refractivity (Wildman–Crippen MR) is 63.7 cm³/mol. The van der Waals surface area contributed by atoms with Crippen molar-refractivity contribution < 1.29 is 9.47 Å². The average molecular weight is 271 g/mol. The van der Waals surface area contributed by atoms with Crippen molar-refractivity contribution in [2.45, 2.75) is 26.6 Å². The van der Waals surface area contributed by atoms with Crippen LogP contribution in [0.2, 0.25) is 0 Å². The van der Waals surface area contributed by atoms with Gasteiger partial charge < -0.3 is 9.47 Å². The van der Waals surface area contributed by atoms with Crippen LogP contribution in [0, 0.1) is 5.41 Å². The van der Waals surface area contributed by atoms with Crippen molar-refractivity contribution in [3.05, 3.63) is 24.3 Å². The molecule has 0 saturated heterocycles. The van der Waals surface area contributed by atoms with Gasteiger partial charge in [0.1, 0.15) is 0 Å². The molecule has 0 bridgehead atoms. The summed E-state index contributed by atoms with van der Waals surface area (Å²) in [6, 6.07) is 7.78. The van der Waals surface area contributed by atoms with Gasteiger partial charge in [-0.15, -0.1) is 0 Å². The predicted octanol–water partition coefficient (Wildman–Crippen LogP) is 3.60. The molecule has 0 fully saturated rings. The second-order valence-electron chi connectivity index (χ2n) is 4.79. The van der Waals surface area contributed by atoms with Crippen LogP contribution in [-0.2, 0) is 0 Å². The Morgan fingerprint density at radius 2 is 1.60 bits per heavy atom. The molecule has 1 aliphatic rings. The van der Waals surface area contributed by atoms with E-state index in [1.807, 2.05) is 24.3 Å². The molecule has 82 valence electrons. The highest BCUT2D eigenvalue weighted by Gasteiger charge is 2.50. The lowest BCUT2D eigenvalue weighted by Gasteiger charge is -2.37. The van der Waals surface area contributed by atoms with Gasteiger partial charge in [0.05, 0.1) is 5.33 Å². The summed E-state index contributed by atoms with van der Waals surface area (Å²) in [6.07, 6.45) is 0. The van der Waals surface area contributed by atoms with Crippen LogP contribution >= 0.6 is 15.9 Å². The molecule has 0 aromatic heterocycles. The average Bonchev–Trinajstić information content (AvgIpc) is 2.56. The molecular weight excluding hydrogens is 256 g/mol. The van der Waals surface area contributed by atoms with Crippen molar-refractivity contribution in [2.24, 2.45) is 5.41 Å². The minimum atomic E-state index is -0.601. The first kappa shape index (κ1) is 10.8. The van der Waals surface area contributed by atoms with Gasteiger partial charge in [0.2, 0.25) is 0 Å². The highest BCUT2D eigenvalue weighted by atomic mass is 79.9. The molecule has 15 heavy (non-hydrogen) atoms. The topological polar surface area (TPSA) is 18.5 Å². The summed E-state index contributed by atoms with van der Waals surface area (Å²) < 4.78 is 11.9. The molecule has 0 spiro atoms. The van der Waals surface area contributed by atoms with Gasteiger partial charge >= 0.3 is 0 Å². The first-order valence-corrected chi connectivity index (χ1v) is 6.14. The van der Waals surface area contributed by atoms with E-state index in [4.69, 9.17) is 9.47 Å². The van der Waals surface area contributed by atoms with Crippen molar-refractivity contribution in [3.8, 4) is 11.5 Å². The number of hydrogen-bond donors (Lipinski definition) is 0. The normalized spacial score (nSPS) is 17.9. The van der Waals surface area contributed by atoms with E-state index in [0.29, 0.717) is 5.33 Å². The van der Waals surface area contributed by atoms with Crippen molar-refractivity contribution in [2.75, 3.05) is 5.33 Å². The minimum Gasteiger partial charge on any atom is -0.447 e. The Kier molecular flexibility index (Phi) is 2.45. The highest BCUT2D eigenvalue weighted by Crippen LogP contribution is 2.47. The van der Waals surface area contributed by atoms with Crippen LogP contribution < -0.4 is 9.47 Å². The molecule has 2 rings (SSSR count). The van der Waals surface area contributed by atoms with Crippen LogP contribution in [0.4, 0.5) is 0 Å². The lowest BCUT2D eigenvalue weighted by molar-refractivity contribution is -0.137. The summed E-state index contributed by atoms with van der Waals surface area (Å²) in [5.74, 6) is 1.05. The Bertz CT molecular complexity index is 343. The standard InChI is InChI=1S/C12H15BrO2/c1-11(2,3)12(8-13)14-9-6-4-5-7-10(9)15-12/h4-7H,8H2,1-3H3. The maximum absolute atomic E-state index is 5.94. The van der Waals surface area contributed by atoms with Crippen LogP contribution in [0.3, 0.4) is 0 Å². The summed E-state index contributed by atoms with van der Waals surface area (Å²) in [5, 5.41) is 0.651. The molecule has 0 saturated carbocycles. The van der Waals surface area contributed by atoms with E-state index in [1.165, 1.54) is 0 Å². The molecule has 0 aliphatic carbocycles. The third-order valence-electron chi connectivity index (χ3n) is 2.72. The van der Waals surface area contributed by atoms with Gasteiger partial charge in [0.15, 0.2) is 11.5 Å². The smallest absolute Gasteiger partial charge is 0.265 e. The molecular formula is C12H15BrO2. The zero-order valence-electron chi connectivity index (χ0n) is 9.21. The Morgan fingerprint density at radius 1 is 1.13 bits per heavy atom. The number of benzene rings is 1. The molecule has 0 amide bonds. The van der Waals surface area contributed by atoms with Gasteiger partial charge in [0, 0.05) is 5.41 Å². The SMILES string of the molecule is CC(C)(C)C1(CBr)Oc2ccccc2O1.